The number of hydrogen-bond acceptors (Lipinski definition) is 5. The summed E-state index contributed by atoms with van der Waals surface area (Å²) in [5, 5.41) is 16.4. The van der Waals surface area contributed by atoms with Crippen LogP contribution in [0.2, 0.25) is 10.0 Å². The van der Waals surface area contributed by atoms with Crippen molar-refractivity contribution in [3.05, 3.63) is 99.9 Å². The second-order valence-corrected chi connectivity index (χ2v) is 9.67. The Balaban J connectivity index is 1.43. The highest BCUT2D eigenvalue weighted by Gasteiger charge is 2.24. The minimum absolute atomic E-state index is 0.00768. The molecule has 2 aromatic heterocycles. The molecular formula is C29H22Cl2N2O4. The van der Waals surface area contributed by atoms with Crippen molar-refractivity contribution in [1.82, 2.24) is 10.1 Å². The molecule has 6 nitrogen and oxygen atoms in total. The summed E-state index contributed by atoms with van der Waals surface area (Å²) in [4.78, 5) is 15.5. The molecule has 37 heavy (non-hydrogen) atoms. The highest BCUT2D eigenvalue weighted by molar-refractivity contribution is 6.39. The van der Waals surface area contributed by atoms with Crippen LogP contribution in [0.4, 0.5) is 0 Å². The van der Waals surface area contributed by atoms with Crippen molar-refractivity contribution in [1.29, 1.82) is 0 Å². The smallest absolute Gasteiger partial charge is 0.354 e. The first-order chi connectivity index (χ1) is 17.8. The van der Waals surface area contributed by atoms with Gasteiger partial charge in [-0.1, -0.05) is 72.5 Å². The number of hydrogen-bond donors (Lipinski definition) is 1. The van der Waals surface area contributed by atoms with Gasteiger partial charge in [-0.15, -0.1) is 0 Å². The van der Waals surface area contributed by atoms with Crippen molar-refractivity contribution < 1.29 is 19.2 Å². The standard InChI is InChI=1S/C29H22Cl2N2O4/c1-16(2)28-21(27(33-37-28)26-22(30)5-3-6-23(26)31)15-36-20-12-11-17-13-19(10-9-18(17)14-20)24-7-4-8-25(32-24)29(34)35/h3-14,16H,15H2,1-2H3,(H,34,35). The van der Waals surface area contributed by atoms with Gasteiger partial charge in [-0.05, 0) is 53.2 Å². The number of carboxylic acid groups (broad SMARTS) is 1. The maximum absolute atomic E-state index is 11.3. The van der Waals surface area contributed by atoms with E-state index in [1.54, 1.807) is 30.3 Å². The minimum Gasteiger partial charge on any atom is -0.489 e. The van der Waals surface area contributed by atoms with Crippen molar-refractivity contribution in [2.75, 3.05) is 0 Å². The van der Waals surface area contributed by atoms with Crippen LogP contribution in [0.25, 0.3) is 33.3 Å². The highest BCUT2D eigenvalue weighted by Crippen LogP contribution is 2.39. The van der Waals surface area contributed by atoms with Crippen molar-refractivity contribution in [2.45, 2.75) is 26.4 Å². The number of nitrogens with zero attached hydrogens (tertiary/aromatic N) is 2. The van der Waals surface area contributed by atoms with E-state index in [1.807, 2.05) is 50.2 Å². The Bertz CT molecular complexity index is 1610. The second kappa shape index (κ2) is 10.2. The van der Waals surface area contributed by atoms with Crippen molar-refractivity contribution in [2.24, 2.45) is 0 Å². The lowest BCUT2D eigenvalue weighted by Gasteiger charge is -2.11. The van der Waals surface area contributed by atoms with E-state index in [0.29, 0.717) is 38.5 Å². The molecule has 0 unspecified atom stereocenters. The lowest BCUT2D eigenvalue weighted by atomic mass is 10.0. The Morgan fingerprint density at radius 2 is 1.68 bits per heavy atom. The SMILES string of the molecule is CC(C)c1onc(-c2c(Cl)cccc2Cl)c1COc1ccc2cc(-c3cccc(C(=O)O)n3)ccc2c1. The summed E-state index contributed by atoms with van der Waals surface area (Å²) in [6.07, 6.45) is 0. The van der Waals surface area contributed by atoms with Crippen LogP contribution in [0.3, 0.4) is 0 Å². The van der Waals surface area contributed by atoms with Crippen molar-refractivity contribution >= 4 is 39.9 Å². The average molecular weight is 533 g/mol. The lowest BCUT2D eigenvalue weighted by molar-refractivity contribution is 0.0690. The summed E-state index contributed by atoms with van der Waals surface area (Å²) in [5.41, 5.74) is 3.42. The van der Waals surface area contributed by atoms with Crippen LogP contribution < -0.4 is 4.74 Å². The van der Waals surface area contributed by atoms with E-state index in [4.69, 9.17) is 32.5 Å². The zero-order valence-corrected chi connectivity index (χ0v) is 21.5. The number of aromatic carboxylic acids is 1. The monoisotopic (exact) mass is 532 g/mol. The predicted octanol–water partition coefficient (Wildman–Crippen LogP) is 8.26. The van der Waals surface area contributed by atoms with Gasteiger partial charge in [0, 0.05) is 17.0 Å². The fraction of sp³-hybridized carbons (Fsp3) is 0.138. The van der Waals surface area contributed by atoms with Gasteiger partial charge in [0.25, 0.3) is 0 Å². The van der Waals surface area contributed by atoms with Gasteiger partial charge >= 0.3 is 5.97 Å². The summed E-state index contributed by atoms with van der Waals surface area (Å²) >= 11 is 12.9. The van der Waals surface area contributed by atoms with Gasteiger partial charge in [0.15, 0.2) is 0 Å². The van der Waals surface area contributed by atoms with E-state index in [9.17, 15) is 9.90 Å². The number of fused-ring (bicyclic) bond motifs is 1. The number of carbonyl (C=O) groups is 1. The first-order valence-corrected chi connectivity index (χ1v) is 12.4. The molecule has 2 heterocycles. The van der Waals surface area contributed by atoms with Gasteiger partial charge in [0.2, 0.25) is 0 Å². The number of carboxylic acids is 1. The van der Waals surface area contributed by atoms with Crippen molar-refractivity contribution in [3.63, 3.8) is 0 Å². The molecule has 3 aromatic carbocycles. The number of pyridine rings is 1. The Morgan fingerprint density at radius 1 is 0.973 bits per heavy atom. The molecule has 1 N–H and O–H groups in total. The van der Waals surface area contributed by atoms with E-state index >= 15 is 0 Å². The third-order valence-electron chi connectivity index (χ3n) is 6.00. The Morgan fingerprint density at radius 3 is 2.41 bits per heavy atom. The van der Waals surface area contributed by atoms with E-state index in [2.05, 4.69) is 10.1 Å². The lowest BCUT2D eigenvalue weighted by Crippen LogP contribution is -2.01. The number of benzene rings is 3. The summed E-state index contributed by atoms with van der Waals surface area (Å²) in [7, 11) is 0. The van der Waals surface area contributed by atoms with Crippen molar-refractivity contribution in [3.8, 4) is 28.3 Å². The Kier molecular flexibility index (Phi) is 6.87. The molecule has 0 saturated carbocycles. The van der Waals surface area contributed by atoms with Crippen LogP contribution in [0.5, 0.6) is 5.75 Å². The molecule has 8 heteroatoms. The molecule has 5 rings (SSSR count). The third-order valence-corrected chi connectivity index (χ3v) is 6.63. The first-order valence-electron chi connectivity index (χ1n) is 11.6. The molecule has 0 bridgehead atoms. The normalized spacial score (nSPS) is 11.3. The molecule has 0 atom stereocenters. The molecule has 0 saturated heterocycles. The number of aromatic nitrogens is 2. The molecule has 5 aromatic rings. The summed E-state index contributed by atoms with van der Waals surface area (Å²) < 4.78 is 11.9. The fourth-order valence-corrected chi connectivity index (χ4v) is 4.76. The molecule has 0 fully saturated rings. The predicted molar refractivity (Wildman–Crippen MR) is 145 cm³/mol. The van der Waals surface area contributed by atoms with E-state index in [-0.39, 0.29) is 18.2 Å². The maximum Gasteiger partial charge on any atom is 0.354 e. The Hall–Kier alpha value is -3.87. The van der Waals surface area contributed by atoms with Gasteiger partial charge in [0.05, 0.1) is 21.3 Å². The van der Waals surface area contributed by atoms with Gasteiger partial charge in [-0.2, -0.15) is 0 Å². The van der Waals surface area contributed by atoms with E-state index in [0.717, 1.165) is 21.9 Å². The number of ether oxygens (including phenoxy) is 1. The molecule has 0 aliphatic heterocycles. The molecule has 0 radical (unpaired) electrons. The van der Waals surface area contributed by atoms with Gasteiger partial charge in [0.1, 0.15) is 29.5 Å². The van der Waals surface area contributed by atoms with Crippen LogP contribution >= 0.6 is 23.2 Å². The fourth-order valence-electron chi connectivity index (χ4n) is 4.18. The van der Waals surface area contributed by atoms with E-state index in [1.165, 1.54) is 6.07 Å². The average Bonchev–Trinajstić information content (AvgIpc) is 3.31. The number of halogens is 2. The van der Waals surface area contributed by atoms with Gasteiger partial charge in [-0.3, -0.25) is 0 Å². The summed E-state index contributed by atoms with van der Waals surface area (Å²) in [6, 6.07) is 21.9. The largest absolute Gasteiger partial charge is 0.489 e. The first kappa shape index (κ1) is 24.8. The highest BCUT2D eigenvalue weighted by atomic mass is 35.5. The molecule has 0 aliphatic rings. The molecule has 0 aliphatic carbocycles. The molecule has 0 amide bonds. The molecule has 186 valence electrons. The second-order valence-electron chi connectivity index (χ2n) is 8.85. The van der Waals surface area contributed by atoms with Crippen LogP contribution in [0.1, 0.15) is 41.6 Å². The molecule has 0 spiro atoms. The summed E-state index contributed by atoms with van der Waals surface area (Å²) in [5.74, 6) is 0.424. The van der Waals surface area contributed by atoms with Crippen LogP contribution in [-0.2, 0) is 6.61 Å². The minimum atomic E-state index is -1.06. The summed E-state index contributed by atoms with van der Waals surface area (Å²) in [6.45, 7) is 4.27. The van der Waals surface area contributed by atoms with Gasteiger partial charge in [-0.25, -0.2) is 9.78 Å². The Labute approximate surface area is 223 Å². The molecular weight excluding hydrogens is 511 g/mol. The zero-order valence-electron chi connectivity index (χ0n) is 20.0. The number of rotatable bonds is 7. The topological polar surface area (TPSA) is 85.5 Å². The zero-order chi connectivity index (χ0) is 26.1. The van der Waals surface area contributed by atoms with E-state index < -0.39 is 5.97 Å². The van der Waals surface area contributed by atoms with Gasteiger partial charge < -0.3 is 14.4 Å². The van der Waals surface area contributed by atoms with Crippen LogP contribution in [0, 0.1) is 0 Å². The van der Waals surface area contributed by atoms with Crippen LogP contribution in [-0.4, -0.2) is 21.2 Å². The maximum atomic E-state index is 11.3. The quantitative estimate of drug-likeness (QED) is 0.227. The van der Waals surface area contributed by atoms with Crippen LogP contribution in [0.15, 0.2) is 77.3 Å². The third kappa shape index (κ3) is 5.03.